The first-order valence-corrected chi connectivity index (χ1v) is 10.4. The molecule has 0 atom stereocenters. The second-order valence-electron chi connectivity index (χ2n) is 4.77. The van der Waals surface area contributed by atoms with Crippen molar-refractivity contribution in [1.82, 2.24) is 10.0 Å². The molecule has 0 aliphatic carbocycles. The molecule has 2 N–H and O–H groups in total. The van der Waals surface area contributed by atoms with Crippen LogP contribution in [0.1, 0.15) is 19.4 Å². The second kappa shape index (κ2) is 7.87. The standard InChI is InChI=1S/C14H18N2O3S3/c1-22(18,19)16-9-7-12-4-5-13(21-12)14(17)15-8-6-11-3-2-10-20-11/h2-5,10,16H,6-9H2,1H3,(H,15,17). The molecule has 0 aliphatic rings. The zero-order valence-electron chi connectivity index (χ0n) is 12.2. The van der Waals surface area contributed by atoms with E-state index >= 15 is 0 Å². The lowest BCUT2D eigenvalue weighted by Gasteiger charge is -2.02. The molecule has 0 fully saturated rings. The van der Waals surface area contributed by atoms with Crippen molar-refractivity contribution < 1.29 is 13.2 Å². The number of carbonyl (C=O) groups is 1. The van der Waals surface area contributed by atoms with E-state index in [0.29, 0.717) is 24.4 Å². The monoisotopic (exact) mass is 358 g/mol. The molecule has 0 saturated carbocycles. The first-order valence-electron chi connectivity index (χ1n) is 6.78. The zero-order chi connectivity index (χ0) is 16.0. The molecule has 1 amide bonds. The quantitative estimate of drug-likeness (QED) is 0.756. The predicted octanol–water partition coefficient (Wildman–Crippen LogP) is 1.87. The third-order valence-corrected chi connectivity index (χ3v) is 5.67. The van der Waals surface area contributed by atoms with Crippen LogP contribution in [0.4, 0.5) is 0 Å². The highest BCUT2D eigenvalue weighted by atomic mass is 32.2. The van der Waals surface area contributed by atoms with Crippen molar-refractivity contribution in [2.75, 3.05) is 19.3 Å². The Balaban J connectivity index is 1.76. The van der Waals surface area contributed by atoms with Gasteiger partial charge in [-0.2, -0.15) is 0 Å². The van der Waals surface area contributed by atoms with Crippen molar-refractivity contribution in [2.45, 2.75) is 12.8 Å². The van der Waals surface area contributed by atoms with Crippen LogP contribution in [0.2, 0.25) is 0 Å². The van der Waals surface area contributed by atoms with Gasteiger partial charge in [-0.1, -0.05) is 6.07 Å². The van der Waals surface area contributed by atoms with Crippen LogP contribution in [0.25, 0.3) is 0 Å². The fourth-order valence-corrected chi connectivity index (χ4v) is 3.94. The summed E-state index contributed by atoms with van der Waals surface area (Å²) in [7, 11) is -3.16. The fourth-order valence-electron chi connectivity index (χ4n) is 1.84. The maximum absolute atomic E-state index is 12.0. The summed E-state index contributed by atoms with van der Waals surface area (Å²) < 4.78 is 24.4. The van der Waals surface area contributed by atoms with Crippen molar-refractivity contribution in [1.29, 1.82) is 0 Å². The van der Waals surface area contributed by atoms with Gasteiger partial charge in [-0.25, -0.2) is 13.1 Å². The first kappa shape index (κ1) is 17.1. The molecular weight excluding hydrogens is 340 g/mol. The summed E-state index contributed by atoms with van der Waals surface area (Å²) in [6, 6.07) is 7.69. The lowest BCUT2D eigenvalue weighted by molar-refractivity contribution is 0.0958. The molecule has 5 nitrogen and oxygen atoms in total. The third-order valence-electron chi connectivity index (χ3n) is 2.86. The Morgan fingerprint density at radius 3 is 2.59 bits per heavy atom. The van der Waals surface area contributed by atoms with E-state index in [0.717, 1.165) is 17.6 Å². The Kier molecular flexibility index (Phi) is 6.13. The van der Waals surface area contributed by atoms with E-state index in [1.54, 1.807) is 17.4 Å². The van der Waals surface area contributed by atoms with Gasteiger partial charge in [0.1, 0.15) is 0 Å². The lowest BCUT2D eigenvalue weighted by Crippen LogP contribution is -2.24. The molecule has 2 aromatic heterocycles. The summed E-state index contributed by atoms with van der Waals surface area (Å²) in [6.45, 7) is 0.959. The number of hydrogen-bond donors (Lipinski definition) is 2. The summed E-state index contributed by atoms with van der Waals surface area (Å²) in [5.41, 5.74) is 0. The van der Waals surface area contributed by atoms with E-state index in [1.807, 2.05) is 17.5 Å². The second-order valence-corrected chi connectivity index (χ2v) is 8.80. The molecule has 0 bridgehead atoms. The molecule has 0 unspecified atom stereocenters. The lowest BCUT2D eigenvalue weighted by atomic mass is 10.3. The molecule has 2 rings (SSSR count). The fraction of sp³-hybridized carbons (Fsp3) is 0.357. The van der Waals surface area contributed by atoms with Crippen molar-refractivity contribution in [2.24, 2.45) is 0 Å². The average molecular weight is 359 g/mol. The van der Waals surface area contributed by atoms with Crippen LogP contribution in [0.3, 0.4) is 0 Å². The summed E-state index contributed by atoms with van der Waals surface area (Å²) in [4.78, 5) is 14.9. The number of rotatable bonds is 8. The van der Waals surface area contributed by atoms with Gasteiger partial charge >= 0.3 is 0 Å². The van der Waals surface area contributed by atoms with Gasteiger partial charge in [0.25, 0.3) is 5.91 Å². The maximum Gasteiger partial charge on any atom is 0.261 e. The summed E-state index contributed by atoms with van der Waals surface area (Å²) >= 11 is 3.08. The van der Waals surface area contributed by atoms with Crippen molar-refractivity contribution >= 4 is 38.6 Å². The van der Waals surface area contributed by atoms with E-state index in [9.17, 15) is 13.2 Å². The molecule has 0 spiro atoms. The van der Waals surface area contributed by atoms with Crippen molar-refractivity contribution in [3.63, 3.8) is 0 Å². The average Bonchev–Trinajstić information content (AvgIpc) is 3.08. The van der Waals surface area contributed by atoms with Crippen molar-refractivity contribution in [3.8, 4) is 0 Å². The highest BCUT2D eigenvalue weighted by Crippen LogP contribution is 2.17. The minimum absolute atomic E-state index is 0.0797. The van der Waals surface area contributed by atoms with Gasteiger partial charge in [0.2, 0.25) is 10.0 Å². The topological polar surface area (TPSA) is 75.3 Å². The smallest absolute Gasteiger partial charge is 0.261 e. The number of thiophene rings is 2. The van der Waals surface area contributed by atoms with Crippen molar-refractivity contribution in [3.05, 3.63) is 44.3 Å². The van der Waals surface area contributed by atoms with Crippen LogP contribution < -0.4 is 10.0 Å². The molecule has 120 valence electrons. The Bertz CT molecular complexity index is 706. The first-order chi connectivity index (χ1) is 10.4. The van der Waals surface area contributed by atoms with Crippen LogP contribution in [0.5, 0.6) is 0 Å². The van der Waals surface area contributed by atoms with Crippen LogP contribution >= 0.6 is 22.7 Å². The highest BCUT2D eigenvalue weighted by molar-refractivity contribution is 7.88. The van der Waals surface area contributed by atoms with E-state index in [-0.39, 0.29) is 5.91 Å². The van der Waals surface area contributed by atoms with E-state index < -0.39 is 10.0 Å². The minimum Gasteiger partial charge on any atom is -0.351 e. The normalized spacial score (nSPS) is 11.5. The van der Waals surface area contributed by atoms with Gasteiger partial charge in [0.05, 0.1) is 11.1 Å². The largest absolute Gasteiger partial charge is 0.351 e. The van der Waals surface area contributed by atoms with Gasteiger partial charge in [-0.05, 0) is 36.4 Å². The number of nitrogens with one attached hydrogen (secondary N) is 2. The maximum atomic E-state index is 12.0. The molecule has 8 heteroatoms. The third kappa shape index (κ3) is 5.88. The molecule has 0 saturated heterocycles. The van der Waals surface area contributed by atoms with Gasteiger partial charge in [-0.3, -0.25) is 4.79 Å². The molecule has 2 heterocycles. The summed E-state index contributed by atoms with van der Waals surface area (Å²) in [6.07, 6.45) is 2.55. The van der Waals surface area contributed by atoms with Gasteiger partial charge in [-0.15, -0.1) is 22.7 Å². The Labute approximate surface area is 138 Å². The molecule has 0 aliphatic heterocycles. The minimum atomic E-state index is -3.16. The number of amides is 1. The summed E-state index contributed by atoms with van der Waals surface area (Å²) in [5.74, 6) is -0.0797. The highest BCUT2D eigenvalue weighted by Gasteiger charge is 2.09. The SMILES string of the molecule is CS(=O)(=O)NCCc1ccc(C(=O)NCCc2cccs2)s1. The summed E-state index contributed by atoms with van der Waals surface area (Å²) in [5, 5.41) is 4.92. The predicted molar refractivity (Wildman–Crippen MR) is 91.2 cm³/mol. The Hall–Kier alpha value is -1.22. The van der Waals surface area contributed by atoms with E-state index in [4.69, 9.17) is 0 Å². The molecular formula is C14H18N2O3S3. The van der Waals surface area contributed by atoms with Crippen LogP contribution in [-0.4, -0.2) is 33.7 Å². The number of carbonyl (C=O) groups excluding carboxylic acids is 1. The molecule has 22 heavy (non-hydrogen) atoms. The Morgan fingerprint density at radius 1 is 1.14 bits per heavy atom. The van der Waals surface area contributed by atoms with Gasteiger partial charge < -0.3 is 5.32 Å². The van der Waals surface area contributed by atoms with Crippen LogP contribution in [0.15, 0.2) is 29.6 Å². The van der Waals surface area contributed by atoms with Crippen LogP contribution in [0, 0.1) is 0 Å². The van der Waals surface area contributed by atoms with Crippen LogP contribution in [-0.2, 0) is 22.9 Å². The zero-order valence-corrected chi connectivity index (χ0v) is 14.6. The van der Waals surface area contributed by atoms with E-state index in [1.165, 1.54) is 16.2 Å². The molecule has 0 aromatic carbocycles. The van der Waals surface area contributed by atoms with Gasteiger partial charge in [0, 0.05) is 22.8 Å². The number of hydrogen-bond acceptors (Lipinski definition) is 5. The van der Waals surface area contributed by atoms with E-state index in [2.05, 4.69) is 16.1 Å². The van der Waals surface area contributed by atoms with Gasteiger partial charge in [0.15, 0.2) is 0 Å². The number of sulfonamides is 1. The molecule has 2 aromatic rings. The molecule has 0 radical (unpaired) electrons. The Morgan fingerprint density at radius 2 is 1.91 bits per heavy atom.